The highest BCUT2D eigenvalue weighted by Crippen LogP contribution is 2.34. The average molecular weight is 509 g/mol. The maximum absolute atomic E-state index is 13.5. The summed E-state index contributed by atoms with van der Waals surface area (Å²) in [4.78, 5) is 14.7. The predicted octanol–water partition coefficient (Wildman–Crippen LogP) is 1.34. The molecule has 3 atom stereocenters. The second kappa shape index (κ2) is 12.2. The lowest BCUT2D eigenvalue weighted by atomic mass is 9.97. The zero-order valence-corrected chi connectivity index (χ0v) is 21.7. The smallest absolute Gasteiger partial charge is 0.247 e. The zero-order chi connectivity index (χ0) is 25.6. The highest BCUT2D eigenvalue weighted by molar-refractivity contribution is 7.89. The van der Waals surface area contributed by atoms with Gasteiger partial charge in [0.1, 0.15) is 23.4 Å². The fourth-order valence-electron chi connectivity index (χ4n) is 4.35. The van der Waals surface area contributed by atoms with E-state index in [0.717, 1.165) is 0 Å². The molecule has 10 heteroatoms. The van der Waals surface area contributed by atoms with Crippen molar-refractivity contribution >= 4 is 15.9 Å². The van der Waals surface area contributed by atoms with Crippen LogP contribution in [0.25, 0.3) is 0 Å². The van der Waals surface area contributed by atoms with Crippen LogP contribution in [0.4, 0.5) is 0 Å². The number of methoxy groups -OCH3 is 1. The van der Waals surface area contributed by atoms with E-state index in [2.05, 4.69) is 11.8 Å². The second-order valence-corrected chi connectivity index (χ2v) is 11.1. The van der Waals surface area contributed by atoms with E-state index in [4.69, 9.17) is 14.2 Å². The van der Waals surface area contributed by atoms with Gasteiger partial charge in [-0.2, -0.15) is 4.31 Å². The summed E-state index contributed by atoms with van der Waals surface area (Å²) in [6.07, 6.45) is 0.918. The number of likely N-dealkylation sites (N-methyl/N-ethyl adjacent to an activating group) is 1. The van der Waals surface area contributed by atoms with Crippen LogP contribution in [0, 0.1) is 23.7 Å². The van der Waals surface area contributed by atoms with E-state index in [9.17, 15) is 18.3 Å². The predicted molar refractivity (Wildman–Crippen MR) is 130 cm³/mol. The Balaban J connectivity index is 1.96. The molecule has 1 N–H and O–H groups in total. The fourth-order valence-corrected chi connectivity index (χ4v) is 6.17. The van der Waals surface area contributed by atoms with Crippen molar-refractivity contribution in [1.29, 1.82) is 0 Å². The van der Waals surface area contributed by atoms with Gasteiger partial charge >= 0.3 is 0 Å². The number of carbonyl (C=O) groups excluding carboxylic acids is 1. The minimum atomic E-state index is -3.93. The maximum atomic E-state index is 13.5. The van der Waals surface area contributed by atoms with E-state index >= 15 is 0 Å². The Bertz CT molecular complexity index is 1040. The minimum Gasteiger partial charge on any atom is -0.487 e. The number of nitrogens with zero attached hydrogens (tertiary/aromatic N) is 2. The quantitative estimate of drug-likeness (QED) is 0.578. The Hall–Kier alpha value is -2.16. The molecule has 35 heavy (non-hydrogen) atoms. The van der Waals surface area contributed by atoms with Gasteiger partial charge < -0.3 is 24.2 Å². The molecule has 3 rings (SSSR count). The molecule has 1 amide bonds. The van der Waals surface area contributed by atoms with Crippen molar-refractivity contribution in [1.82, 2.24) is 9.21 Å². The molecule has 0 radical (unpaired) electrons. The number of benzene rings is 1. The van der Waals surface area contributed by atoms with Gasteiger partial charge in [-0.3, -0.25) is 4.79 Å². The van der Waals surface area contributed by atoms with Crippen molar-refractivity contribution in [2.75, 3.05) is 53.7 Å². The summed E-state index contributed by atoms with van der Waals surface area (Å²) in [7, 11) is -0.631. The van der Waals surface area contributed by atoms with Crippen molar-refractivity contribution in [3.8, 4) is 17.6 Å². The number of fused-ring (bicyclic) bond motifs is 1. The standard InChI is InChI=1S/C25H36N2O7S/c1-18-15-27(19(2)17-28)35(30,31)24-8-7-20(6-5-11-32-4)14-22(24)34-23(18)16-26(3)25(29)21-9-12-33-13-10-21/h7-8,14,18-19,21,23,28H,9-13,15-17H2,1-4H3/t18-,19-,23-/m1/s1. The van der Waals surface area contributed by atoms with Gasteiger partial charge in [0.2, 0.25) is 15.9 Å². The van der Waals surface area contributed by atoms with Gasteiger partial charge in [-0.25, -0.2) is 8.42 Å². The van der Waals surface area contributed by atoms with Gasteiger partial charge in [-0.1, -0.05) is 18.8 Å². The lowest BCUT2D eigenvalue weighted by molar-refractivity contribution is -0.138. The number of amides is 1. The van der Waals surface area contributed by atoms with Crippen LogP contribution in [0.5, 0.6) is 5.75 Å². The number of hydrogen-bond donors (Lipinski definition) is 1. The molecule has 0 bridgehead atoms. The average Bonchev–Trinajstić information content (AvgIpc) is 2.85. The Morgan fingerprint density at radius 3 is 2.71 bits per heavy atom. The van der Waals surface area contributed by atoms with Crippen LogP contribution in [0.2, 0.25) is 0 Å². The van der Waals surface area contributed by atoms with Crippen LogP contribution >= 0.6 is 0 Å². The molecule has 9 nitrogen and oxygen atoms in total. The van der Waals surface area contributed by atoms with Gasteiger partial charge in [0, 0.05) is 57.4 Å². The van der Waals surface area contributed by atoms with Crippen molar-refractivity contribution < 1.29 is 32.5 Å². The fraction of sp³-hybridized carbons (Fsp3) is 0.640. The van der Waals surface area contributed by atoms with Crippen LogP contribution in [0.1, 0.15) is 32.3 Å². The first kappa shape index (κ1) is 27.4. The SMILES string of the molecule is COCC#Cc1ccc2c(c1)O[C@H](CN(C)C(=O)C1CCOCC1)[C@H](C)CN([C@H](C)CO)S2(=O)=O. The molecule has 1 aromatic rings. The molecule has 2 aliphatic heterocycles. The first-order valence-electron chi connectivity index (χ1n) is 11.9. The molecular weight excluding hydrogens is 472 g/mol. The summed E-state index contributed by atoms with van der Waals surface area (Å²) in [5.41, 5.74) is 0.594. The molecule has 1 fully saturated rings. The van der Waals surface area contributed by atoms with E-state index in [1.807, 2.05) is 6.92 Å². The maximum Gasteiger partial charge on any atom is 0.247 e. The van der Waals surface area contributed by atoms with Gasteiger partial charge in [0.15, 0.2) is 0 Å². The van der Waals surface area contributed by atoms with Crippen LogP contribution < -0.4 is 4.74 Å². The number of rotatable bonds is 6. The van der Waals surface area contributed by atoms with Crippen molar-refractivity contribution in [3.05, 3.63) is 23.8 Å². The molecule has 2 aliphatic rings. The molecule has 2 heterocycles. The van der Waals surface area contributed by atoms with E-state index in [0.29, 0.717) is 38.2 Å². The second-order valence-electron chi connectivity index (χ2n) is 9.24. The highest BCUT2D eigenvalue weighted by Gasteiger charge is 2.38. The Morgan fingerprint density at radius 2 is 2.06 bits per heavy atom. The summed E-state index contributed by atoms with van der Waals surface area (Å²) < 4.78 is 45.1. The molecule has 1 saturated heterocycles. The summed E-state index contributed by atoms with van der Waals surface area (Å²) in [6.45, 7) is 5.12. The largest absolute Gasteiger partial charge is 0.487 e. The number of hydrogen-bond acceptors (Lipinski definition) is 7. The van der Waals surface area contributed by atoms with E-state index < -0.39 is 22.2 Å². The zero-order valence-electron chi connectivity index (χ0n) is 20.9. The van der Waals surface area contributed by atoms with Crippen LogP contribution in [-0.2, 0) is 24.3 Å². The summed E-state index contributed by atoms with van der Waals surface area (Å²) in [5.74, 6) is 5.71. The third kappa shape index (κ3) is 6.54. The van der Waals surface area contributed by atoms with Crippen LogP contribution in [-0.4, -0.2) is 94.5 Å². The Kier molecular flexibility index (Phi) is 9.55. The third-order valence-corrected chi connectivity index (χ3v) is 8.54. The molecule has 0 spiro atoms. The minimum absolute atomic E-state index is 0.0189. The van der Waals surface area contributed by atoms with Gasteiger partial charge in [0.25, 0.3) is 0 Å². The molecular formula is C25H36N2O7S. The van der Waals surface area contributed by atoms with Crippen LogP contribution in [0.15, 0.2) is 23.1 Å². The number of aliphatic hydroxyl groups is 1. The normalized spacial score (nSPS) is 23.6. The molecule has 1 aromatic carbocycles. The van der Waals surface area contributed by atoms with Gasteiger partial charge in [-0.05, 0) is 38.0 Å². The first-order valence-corrected chi connectivity index (χ1v) is 13.4. The Labute approximate surface area is 208 Å². The monoisotopic (exact) mass is 508 g/mol. The van der Waals surface area contributed by atoms with Gasteiger partial charge in [0.05, 0.1) is 13.2 Å². The number of ether oxygens (including phenoxy) is 3. The Morgan fingerprint density at radius 1 is 1.34 bits per heavy atom. The topological polar surface area (TPSA) is 106 Å². The highest BCUT2D eigenvalue weighted by atomic mass is 32.2. The molecule has 0 aliphatic carbocycles. The molecule has 194 valence electrons. The molecule has 0 aromatic heterocycles. The summed E-state index contributed by atoms with van der Waals surface area (Å²) >= 11 is 0. The van der Waals surface area contributed by atoms with E-state index in [-0.39, 0.29) is 48.1 Å². The lowest BCUT2D eigenvalue weighted by Crippen LogP contribution is -2.50. The molecule has 0 unspecified atom stereocenters. The first-order chi connectivity index (χ1) is 16.7. The van der Waals surface area contributed by atoms with Crippen molar-refractivity contribution in [2.24, 2.45) is 11.8 Å². The lowest BCUT2D eigenvalue weighted by Gasteiger charge is -2.38. The van der Waals surface area contributed by atoms with E-state index in [1.165, 1.54) is 10.4 Å². The van der Waals surface area contributed by atoms with Crippen LogP contribution in [0.3, 0.4) is 0 Å². The van der Waals surface area contributed by atoms with Gasteiger partial charge in [-0.15, -0.1) is 0 Å². The third-order valence-electron chi connectivity index (χ3n) is 6.52. The molecule has 0 saturated carbocycles. The van der Waals surface area contributed by atoms with E-state index in [1.54, 1.807) is 38.1 Å². The number of sulfonamides is 1. The number of carbonyl (C=O) groups is 1. The van der Waals surface area contributed by atoms with Crippen molar-refractivity contribution in [3.63, 3.8) is 0 Å². The summed E-state index contributed by atoms with van der Waals surface area (Å²) in [5, 5.41) is 9.78. The number of aliphatic hydroxyl groups excluding tert-OH is 1. The summed E-state index contributed by atoms with van der Waals surface area (Å²) in [6, 6.07) is 4.12. The van der Waals surface area contributed by atoms with Crippen molar-refractivity contribution in [2.45, 2.75) is 43.7 Å².